The van der Waals surface area contributed by atoms with Crippen molar-refractivity contribution in [2.45, 2.75) is 32.1 Å². The third-order valence-corrected chi connectivity index (χ3v) is 4.23. The predicted molar refractivity (Wildman–Crippen MR) is 51.2 cm³/mol. The minimum Gasteiger partial charge on any atom is -0.298 e. The van der Waals surface area contributed by atoms with Gasteiger partial charge in [0.05, 0.1) is 0 Å². The molecule has 2 bridgehead atoms. The van der Waals surface area contributed by atoms with Gasteiger partial charge in [-0.25, -0.2) is 0 Å². The second kappa shape index (κ2) is 2.70. The zero-order valence-electron chi connectivity index (χ0n) is 7.91. The lowest BCUT2D eigenvalue weighted by molar-refractivity contribution is -0.121. The monoisotopic (exact) mass is 176 g/mol. The number of hydrogen-bond donors (Lipinski definition) is 0. The lowest BCUT2D eigenvalue weighted by Crippen LogP contribution is -2.17. The summed E-state index contributed by atoms with van der Waals surface area (Å²) < 4.78 is 0. The van der Waals surface area contributed by atoms with E-state index in [1.165, 1.54) is 32.1 Å². The van der Waals surface area contributed by atoms with Crippen LogP contribution in [0.3, 0.4) is 0 Å². The number of carbonyl (C=O) groups is 1. The van der Waals surface area contributed by atoms with Gasteiger partial charge in [-0.1, -0.05) is 31.4 Å². The summed E-state index contributed by atoms with van der Waals surface area (Å²) in [5.74, 6) is 2.65. The SMILES string of the molecule is O=C1C2C=CC1C1CCCCCC21. The van der Waals surface area contributed by atoms with Crippen LogP contribution in [0.4, 0.5) is 0 Å². The molecular formula is C12H16O. The first kappa shape index (κ1) is 7.78. The molecule has 0 heterocycles. The van der Waals surface area contributed by atoms with Gasteiger partial charge in [0, 0.05) is 11.8 Å². The van der Waals surface area contributed by atoms with E-state index >= 15 is 0 Å². The lowest BCUT2D eigenvalue weighted by Gasteiger charge is -2.23. The van der Waals surface area contributed by atoms with E-state index in [0.29, 0.717) is 17.6 Å². The van der Waals surface area contributed by atoms with Gasteiger partial charge in [-0.2, -0.15) is 0 Å². The summed E-state index contributed by atoms with van der Waals surface area (Å²) >= 11 is 0. The van der Waals surface area contributed by atoms with E-state index in [4.69, 9.17) is 0 Å². The summed E-state index contributed by atoms with van der Waals surface area (Å²) in [6, 6.07) is 0. The molecule has 3 rings (SSSR count). The largest absolute Gasteiger partial charge is 0.298 e. The van der Waals surface area contributed by atoms with Crippen LogP contribution >= 0.6 is 0 Å². The highest BCUT2D eigenvalue weighted by Gasteiger charge is 2.50. The van der Waals surface area contributed by atoms with Gasteiger partial charge in [0.15, 0.2) is 0 Å². The Hall–Kier alpha value is -0.590. The summed E-state index contributed by atoms with van der Waals surface area (Å²) in [5, 5.41) is 0. The van der Waals surface area contributed by atoms with E-state index in [2.05, 4.69) is 12.2 Å². The fourth-order valence-corrected chi connectivity index (χ4v) is 3.62. The maximum atomic E-state index is 11.8. The van der Waals surface area contributed by atoms with Gasteiger partial charge < -0.3 is 0 Å². The first-order valence-corrected chi connectivity index (χ1v) is 5.60. The Labute approximate surface area is 79.2 Å². The zero-order chi connectivity index (χ0) is 8.84. The smallest absolute Gasteiger partial charge is 0.147 e. The third kappa shape index (κ3) is 0.962. The molecule has 0 N–H and O–H groups in total. The van der Waals surface area contributed by atoms with Crippen LogP contribution in [0, 0.1) is 23.7 Å². The van der Waals surface area contributed by atoms with Crippen LogP contribution < -0.4 is 0 Å². The van der Waals surface area contributed by atoms with Crippen LogP contribution in [-0.2, 0) is 4.79 Å². The summed E-state index contributed by atoms with van der Waals surface area (Å²) in [6.07, 6.45) is 11.1. The van der Waals surface area contributed by atoms with Gasteiger partial charge in [0.1, 0.15) is 5.78 Å². The Morgan fingerprint density at radius 2 is 1.46 bits per heavy atom. The summed E-state index contributed by atoms with van der Waals surface area (Å²) in [6.45, 7) is 0. The molecule has 0 aromatic heterocycles. The summed E-state index contributed by atoms with van der Waals surface area (Å²) in [4.78, 5) is 11.8. The standard InChI is InChI=1S/C12H16O/c13-12-10-6-7-11(12)9-5-3-1-2-4-8(9)10/h6-11H,1-5H2. The molecule has 0 aromatic rings. The van der Waals surface area contributed by atoms with Crippen molar-refractivity contribution in [1.29, 1.82) is 0 Å². The van der Waals surface area contributed by atoms with Crippen molar-refractivity contribution in [1.82, 2.24) is 0 Å². The Balaban J connectivity index is 1.93. The van der Waals surface area contributed by atoms with Crippen LogP contribution in [0.15, 0.2) is 12.2 Å². The molecular weight excluding hydrogens is 160 g/mol. The van der Waals surface area contributed by atoms with Gasteiger partial charge >= 0.3 is 0 Å². The molecule has 70 valence electrons. The number of fused-ring (bicyclic) bond motifs is 5. The van der Waals surface area contributed by atoms with E-state index in [1.807, 2.05) is 0 Å². The Morgan fingerprint density at radius 1 is 0.923 bits per heavy atom. The van der Waals surface area contributed by atoms with Crippen LogP contribution in [-0.4, -0.2) is 5.78 Å². The molecule has 2 saturated carbocycles. The predicted octanol–water partition coefficient (Wildman–Crippen LogP) is 2.57. The van der Waals surface area contributed by atoms with E-state index in [-0.39, 0.29) is 0 Å². The van der Waals surface area contributed by atoms with Crippen molar-refractivity contribution in [2.24, 2.45) is 23.7 Å². The van der Waals surface area contributed by atoms with Crippen molar-refractivity contribution < 1.29 is 4.79 Å². The third-order valence-electron chi connectivity index (χ3n) is 4.23. The molecule has 0 saturated heterocycles. The van der Waals surface area contributed by atoms with Crippen LogP contribution in [0.1, 0.15) is 32.1 Å². The highest BCUT2D eigenvalue weighted by molar-refractivity contribution is 5.92. The summed E-state index contributed by atoms with van der Waals surface area (Å²) in [5.41, 5.74) is 0. The highest BCUT2D eigenvalue weighted by atomic mass is 16.1. The van der Waals surface area contributed by atoms with Crippen LogP contribution in [0.25, 0.3) is 0 Å². The molecule has 0 spiro atoms. The van der Waals surface area contributed by atoms with Crippen molar-refractivity contribution in [3.05, 3.63) is 12.2 Å². The molecule has 2 fully saturated rings. The minimum atomic E-state index is 0.327. The van der Waals surface area contributed by atoms with Gasteiger partial charge in [-0.15, -0.1) is 0 Å². The Kier molecular flexibility index (Phi) is 1.61. The molecule has 1 nitrogen and oxygen atoms in total. The Morgan fingerprint density at radius 3 is 2.00 bits per heavy atom. The van der Waals surface area contributed by atoms with Gasteiger partial charge in [0.25, 0.3) is 0 Å². The summed E-state index contributed by atoms with van der Waals surface area (Å²) in [7, 11) is 0. The molecule has 3 aliphatic rings. The van der Waals surface area contributed by atoms with Gasteiger partial charge in [-0.3, -0.25) is 4.79 Å². The van der Waals surface area contributed by atoms with Gasteiger partial charge in [0.2, 0.25) is 0 Å². The molecule has 13 heavy (non-hydrogen) atoms. The maximum absolute atomic E-state index is 11.8. The molecule has 4 unspecified atom stereocenters. The van der Waals surface area contributed by atoms with Gasteiger partial charge in [-0.05, 0) is 24.7 Å². The Bertz CT molecular complexity index is 242. The minimum absolute atomic E-state index is 0.327. The lowest BCUT2D eigenvalue weighted by atomic mass is 9.80. The van der Waals surface area contributed by atoms with E-state index < -0.39 is 0 Å². The number of carbonyl (C=O) groups excluding carboxylic acids is 1. The second-order valence-electron chi connectivity index (χ2n) is 4.80. The molecule has 0 amide bonds. The zero-order valence-corrected chi connectivity index (χ0v) is 7.91. The maximum Gasteiger partial charge on any atom is 0.147 e. The number of allylic oxidation sites excluding steroid dienone is 2. The number of hydrogen-bond acceptors (Lipinski definition) is 1. The first-order valence-electron chi connectivity index (χ1n) is 5.60. The fourth-order valence-electron chi connectivity index (χ4n) is 3.62. The molecule has 4 atom stereocenters. The van der Waals surface area contributed by atoms with E-state index in [1.54, 1.807) is 0 Å². The van der Waals surface area contributed by atoms with Crippen LogP contribution in [0.5, 0.6) is 0 Å². The number of Topliss-reactive ketones (excluding diaryl/α,β-unsaturated/α-hetero) is 1. The van der Waals surface area contributed by atoms with E-state index in [0.717, 1.165) is 11.8 Å². The average Bonchev–Trinajstić information content (AvgIpc) is 2.51. The first-order chi connectivity index (χ1) is 6.38. The quantitative estimate of drug-likeness (QED) is 0.518. The molecule has 0 aromatic carbocycles. The van der Waals surface area contributed by atoms with Crippen molar-refractivity contribution in [3.63, 3.8) is 0 Å². The molecule has 0 aliphatic heterocycles. The fraction of sp³-hybridized carbons (Fsp3) is 0.750. The average molecular weight is 176 g/mol. The number of rotatable bonds is 0. The topological polar surface area (TPSA) is 17.1 Å². The molecule has 3 aliphatic carbocycles. The van der Waals surface area contributed by atoms with Crippen molar-refractivity contribution in [3.8, 4) is 0 Å². The van der Waals surface area contributed by atoms with Crippen molar-refractivity contribution in [2.75, 3.05) is 0 Å². The van der Waals surface area contributed by atoms with Crippen molar-refractivity contribution >= 4 is 5.78 Å². The highest BCUT2D eigenvalue weighted by Crippen LogP contribution is 2.50. The molecule has 0 radical (unpaired) electrons. The number of ketones is 1. The second-order valence-corrected chi connectivity index (χ2v) is 4.80. The van der Waals surface area contributed by atoms with Crippen LogP contribution in [0.2, 0.25) is 0 Å². The van der Waals surface area contributed by atoms with E-state index in [9.17, 15) is 4.79 Å². The molecule has 1 heteroatoms. The normalized spacial score (nSPS) is 47.8.